The van der Waals surface area contributed by atoms with Gasteiger partial charge < -0.3 is 15.0 Å². The first-order chi connectivity index (χ1) is 10.4. The van der Waals surface area contributed by atoms with Crippen molar-refractivity contribution in [3.63, 3.8) is 0 Å². The Labute approximate surface area is 130 Å². The van der Waals surface area contributed by atoms with Crippen molar-refractivity contribution >= 4 is 15.9 Å². The van der Waals surface area contributed by atoms with Crippen molar-refractivity contribution in [2.45, 2.75) is 25.9 Å². The lowest BCUT2D eigenvalue weighted by Gasteiger charge is -2.23. The molecule has 2 rings (SSSR count). The SMILES string of the molecule is CCOc1ncccc1CNC(=O)N(C)C1CCS(=O)(=O)C1. The summed E-state index contributed by atoms with van der Waals surface area (Å²) < 4.78 is 28.4. The number of sulfone groups is 1. The van der Waals surface area contributed by atoms with Crippen LogP contribution in [-0.2, 0) is 16.4 Å². The van der Waals surface area contributed by atoms with Gasteiger partial charge in [0.15, 0.2) is 9.84 Å². The van der Waals surface area contributed by atoms with Crippen LogP contribution in [0.5, 0.6) is 5.88 Å². The first-order valence-electron chi connectivity index (χ1n) is 7.20. The third-order valence-corrected chi connectivity index (χ3v) is 5.39. The minimum absolute atomic E-state index is 0.0357. The van der Waals surface area contributed by atoms with E-state index in [0.717, 1.165) is 5.56 Å². The smallest absolute Gasteiger partial charge is 0.317 e. The maximum Gasteiger partial charge on any atom is 0.317 e. The number of nitrogens with zero attached hydrogens (tertiary/aromatic N) is 2. The fourth-order valence-corrected chi connectivity index (χ4v) is 4.14. The maximum absolute atomic E-state index is 12.1. The van der Waals surface area contributed by atoms with Crippen LogP contribution in [0, 0.1) is 0 Å². The largest absolute Gasteiger partial charge is 0.478 e. The molecule has 0 bridgehead atoms. The zero-order valence-electron chi connectivity index (χ0n) is 12.8. The highest BCUT2D eigenvalue weighted by atomic mass is 32.2. The molecule has 22 heavy (non-hydrogen) atoms. The second-order valence-electron chi connectivity index (χ2n) is 5.23. The Morgan fingerprint density at radius 1 is 1.55 bits per heavy atom. The van der Waals surface area contributed by atoms with Gasteiger partial charge in [-0.05, 0) is 19.4 Å². The summed E-state index contributed by atoms with van der Waals surface area (Å²) in [5, 5.41) is 2.77. The number of hydrogen-bond acceptors (Lipinski definition) is 5. The van der Waals surface area contributed by atoms with E-state index in [1.165, 1.54) is 4.90 Å². The molecule has 7 nitrogen and oxygen atoms in total. The average Bonchev–Trinajstić information content (AvgIpc) is 2.85. The summed E-state index contributed by atoms with van der Waals surface area (Å²) in [5.41, 5.74) is 0.783. The van der Waals surface area contributed by atoms with Crippen LogP contribution in [0.4, 0.5) is 4.79 Å². The Morgan fingerprint density at radius 3 is 2.95 bits per heavy atom. The normalized spacial score (nSPS) is 19.6. The van der Waals surface area contributed by atoms with E-state index in [1.807, 2.05) is 13.0 Å². The molecule has 1 fully saturated rings. The summed E-state index contributed by atoms with van der Waals surface area (Å²) in [6, 6.07) is 3.05. The molecule has 0 radical (unpaired) electrons. The zero-order chi connectivity index (χ0) is 16.2. The number of carbonyl (C=O) groups is 1. The number of hydrogen-bond donors (Lipinski definition) is 1. The first-order valence-corrected chi connectivity index (χ1v) is 9.03. The molecule has 1 aromatic heterocycles. The molecule has 0 aliphatic carbocycles. The van der Waals surface area contributed by atoms with Crippen molar-refractivity contribution in [2.24, 2.45) is 0 Å². The van der Waals surface area contributed by atoms with E-state index in [2.05, 4.69) is 10.3 Å². The summed E-state index contributed by atoms with van der Waals surface area (Å²) in [5.74, 6) is 0.678. The molecule has 2 heterocycles. The molecule has 2 amide bonds. The van der Waals surface area contributed by atoms with Gasteiger partial charge >= 0.3 is 6.03 Å². The minimum atomic E-state index is -3.01. The standard InChI is InChI=1S/C14H21N3O4S/c1-3-21-13-11(5-4-7-15-13)9-16-14(18)17(2)12-6-8-22(19,20)10-12/h4-5,7,12H,3,6,8-10H2,1-2H3,(H,16,18). The Hall–Kier alpha value is -1.83. The van der Waals surface area contributed by atoms with Crippen LogP contribution < -0.4 is 10.1 Å². The van der Waals surface area contributed by atoms with Crippen molar-refractivity contribution in [1.29, 1.82) is 0 Å². The lowest BCUT2D eigenvalue weighted by molar-refractivity contribution is 0.194. The van der Waals surface area contributed by atoms with E-state index in [0.29, 0.717) is 18.9 Å². The Morgan fingerprint density at radius 2 is 2.32 bits per heavy atom. The van der Waals surface area contributed by atoms with Crippen LogP contribution in [0.3, 0.4) is 0 Å². The number of amides is 2. The molecule has 1 aromatic rings. The monoisotopic (exact) mass is 327 g/mol. The van der Waals surface area contributed by atoms with Gasteiger partial charge in [-0.1, -0.05) is 6.07 Å². The van der Waals surface area contributed by atoms with Crippen LogP contribution in [0.2, 0.25) is 0 Å². The first kappa shape index (κ1) is 16.5. The van der Waals surface area contributed by atoms with Crippen LogP contribution in [-0.4, -0.2) is 55.5 Å². The molecule has 0 saturated carbocycles. The van der Waals surface area contributed by atoms with Gasteiger partial charge in [0.05, 0.1) is 18.1 Å². The van der Waals surface area contributed by atoms with Crippen LogP contribution in [0.1, 0.15) is 18.9 Å². The van der Waals surface area contributed by atoms with Crippen molar-refractivity contribution in [1.82, 2.24) is 15.2 Å². The highest BCUT2D eigenvalue weighted by Gasteiger charge is 2.32. The van der Waals surface area contributed by atoms with E-state index >= 15 is 0 Å². The summed E-state index contributed by atoms with van der Waals surface area (Å²) in [6.45, 7) is 2.65. The van der Waals surface area contributed by atoms with Crippen molar-refractivity contribution in [3.05, 3.63) is 23.9 Å². The highest BCUT2D eigenvalue weighted by molar-refractivity contribution is 7.91. The molecule has 1 aliphatic heterocycles. The molecule has 0 aromatic carbocycles. The topological polar surface area (TPSA) is 88.6 Å². The van der Waals surface area contributed by atoms with Crippen LogP contribution in [0.25, 0.3) is 0 Å². The third-order valence-electron chi connectivity index (χ3n) is 3.64. The second-order valence-corrected chi connectivity index (χ2v) is 7.46. The Kier molecular flexibility index (Phi) is 5.23. The number of ether oxygens (including phenoxy) is 1. The second kappa shape index (κ2) is 6.95. The van der Waals surface area contributed by atoms with Gasteiger partial charge in [0, 0.05) is 31.4 Å². The lowest BCUT2D eigenvalue weighted by atomic mass is 10.2. The van der Waals surface area contributed by atoms with Crippen molar-refractivity contribution in [2.75, 3.05) is 25.2 Å². The van der Waals surface area contributed by atoms with Gasteiger partial charge in [0.25, 0.3) is 0 Å². The van der Waals surface area contributed by atoms with Gasteiger partial charge in [0.2, 0.25) is 5.88 Å². The third kappa shape index (κ3) is 4.09. The van der Waals surface area contributed by atoms with Gasteiger partial charge in [-0.25, -0.2) is 18.2 Å². The molecule has 1 unspecified atom stereocenters. The molecular formula is C14H21N3O4S. The fourth-order valence-electron chi connectivity index (χ4n) is 2.37. The van der Waals surface area contributed by atoms with Crippen LogP contribution >= 0.6 is 0 Å². The van der Waals surface area contributed by atoms with E-state index in [1.54, 1.807) is 19.3 Å². The molecule has 1 saturated heterocycles. The lowest BCUT2D eigenvalue weighted by Crippen LogP contribution is -2.43. The highest BCUT2D eigenvalue weighted by Crippen LogP contribution is 2.17. The number of nitrogens with one attached hydrogen (secondary N) is 1. The molecule has 1 atom stereocenters. The van der Waals surface area contributed by atoms with E-state index < -0.39 is 9.84 Å². The fraction of sp³-hybridized carbons (Fsp3) is 0.571. The number of pyridine rings is 1. The summed E-state index contributed by atoms with van der Waals surface area (Å²) >= 11 is 0. The van der Waals surface area contributed by atoms with Crippen molar-refractivity contribution in [3.8, 4) is 5.88 Å². The molecular weight excluding hydrogens is 306 g/mol. The average molecular weight is 327 g/mol. The van der Waals surface area contributed by atoms with Gasteiger partial charge in [-0.3, -0.25) is 0 Å². The van der Waals surface area contributed by atoms with E-state index in [4.69, 9.17) is 4.74 Å². The molecule has 122 valence electrons. The van der Waals surface area contributed by atoms with E-state index in [9.17, 15) is 13.2 Å². The van der Waals surface area contributed by atoms with E-state index in [-0.39, 0.29) is 30.1 Å². The van der Waals surface area contributed by atoms with Gasteiger partial charge in [-0.15, -0.1) is 0 Å². The van der Waals surface area contributed by atoms with Crippen molar-refractivity contribution < 1.29 is 17.9 Å². The number of urea groups is 1. The number of aromatic nitrogens is 1. The minimum Gasteiger partial charge on any atom is -0.478 e. The molecule has 1 N–H and O–H groups in total. The predicted octanol–water partition coefficient (Wildman–Crippen LogP) is 0.809. The summed E-state index contributed by atoms with van der Waals surface area (Å²) in [6.07, 6.45) is 2.12. The number of carbonyl (C=O) groups excluding carboxylic acids is 1. The number of rotatable bonds is 5. The van der Waals surface area contributed by atoms with Gasteiger partial charge in [0.1, 0.15) is 0 Å². The van der Waals surface area contributed by atoms with Gasteiger partial charge in [-0.2, -0.15) is 0 Å². The summed E-state index contributed by atoms with van der Waals surface area (Å²) in [7, 11) is -1.39. The Bertz CT molecular complexity index is 633. The Balaban J connectivity index is 1.93. The zero-order valence-corrected chi connectivity index (χ0v) is 13.6. The van der Waals surface area contributed by atoms with Crippen LogP contribution in [0.15, 0.2) is 18.3 Å². The molecule has 0 spiro atoms. The predicted molar refractivity (Wildman–Crippen MR) is 82.5 cm³/mol. The summed E-state index contributed by atoms with van der Waals surface area (Å²) in [4.78, 5) is 17.7. The molecule has 1 aliphatic rings. The quantitative estimate of drug-likeness (QED) is 0.864. The maximum atomic E-state index is 12.1. The molecule has 8 heteroatoms.